The lowest BCUT2D eigenvalue weighted by Crippen LogP contribution is -2.46. The number of likely N-dealkylation sites (tertiary alicyclic amines) is 1. The van der Waals surface area contributed by atoms with E-state index < -0.39 is 10.0 Å². The lowest BCUT2D eigenvalue weighted by molar-refractivity contribution is -0.146. The van der Waals surface area contributed by atoms with E-state index in [9.17, 15) is 13.2 Å². The van der Waals surface area contributed by atoms with Gasteiger partial charge in [-0.1, -0.05) is 12.1 Å². The van der Waals surface area contributed by atoms with Gasteiger partial charge in [-0.25, -0.2) is 8.42 Å². The Morgan fingerprint density at radius 2 is 1.83 bits per heavy atom. The van der Waals surface area contributed by atoms with Crippen LogP contribution < -0.4 is 5.32 Å². The van der Waals surface area contributed by atoms with Crippen LogP contribution >= 0.6 is 24.0 Å². The lowest BCUT2D eigenvalue weighted by Gasteiger charge is -2.33. The van der Waals surface area contributed by atoms with E-state index in [1.165, 1.54) is 11.4 Å². The number of nitrogens with one attached hydrogen (secondary N) is 1. The lowest BCUT2D eigenvalue weighted by atomic mass is 9.97. The van der Waals surface area contributed by atoms with E-state index in [1.54, 1.807) is 26.2 Å². The van der Waals surface area contributed by atoms with E-state index in [-0.39, 0.29) is 46.8 Å². The van der Waals surface area contributed by atoms with Crippen molar-refractivity contribution in [2.24, 2.45) is 10.9 Å². The molecule has 1 heterocycles. The maximum absolute atomic E-state index is 12.6. The second kappa shape index (κ2) is 11.8. The van der Waals surface area contributed by atoms with Crippen LogP contribution in [0.5, 0.6) is 0 Å². The van der Waals surface area contributed by atoms with Crippen LogP contribution in [0.1, 0.15) is 32.3 Å². The minimum atomic E-state index is -3.48. The molecule has 1 aromatic rings. The molecule has 10 heteroatoms. The fraction of sp³-hybridized carbons (Fsp3) is 0.600. The SMILES string of the molecule is CN=C(NCc1ccc(S(=O)(=O)N(C)C(C)C)cc1)N1CCC(C(=O)OC)CC1.I. The highest BCUT2D eigenvalue weighted by atomic mass is 127. The summed E-state index contributed by atoms with van der Waals surface area (Å²) in [6.45, 7) is 5.69. The maximum Gasteiger partial charge on any atom is 0.308 e. The number of benzene rings is 1. The highest BCUT2D eigenvalue weighted by Crippen LogP contribution is 2.19. The summed E-state index contributed by atoms with van der Waals surface area (Å²) >= 11 is 0. The van der Waals surface area contributed by atoms with Crippen molar-refractivity contribution in [3.05, 3.63) is 29.8 Å². The number of carbonyl (C=O) groups is 1. The van der Waals surface area contributed by atoms with Gasteiger partial charge in [-0.2, -0.15) is 4.31 Å². The molecule has 0 saturated carbocycles. The summed E-state index contributed by atoms with van der Waals surface area (Å²) in [5.74, 6) is 0.572. The van der Waals surface area contributed by atoms with Crippen molar-refractivity contribution in [3.63, 3.8) is 0 Å². The number of guanidine groups is 1. The molecular weight excluding hydrogens is 519 g/mol. The Kier molecular flexibility index (Phi) is 10.5. The molecule has 0 radical (unpaired) electrons. The number of nitrogens with zero attached hydrogens (tertiary/aromatic N) is 3. The van der Waals surface area contributed by atoms with Gasteiger partial charge in [-0.05, 0) is 44.4 Å². The Hall–Kier alpha value is -1.40. The minimum absolute atomic E-state index is 0. The zero-order valence-corrected chi connectivity index (χ0v) is 21.4. The third kappa shape index (κ3) is 6.55. The van der Waals surface area contributed by atoms with Gasteiger partial charge in [0.05, 0.1) is 17.9 Å². The Labute approximate surface area is 197 Å². The number of sulfonamides is 1. The van der Waals surface area contributed by atoms with Gasteiger partial charge >= 0.3 is 5.97 Å². The number of piperidine rings is 1. The van der Waals surface area contributed by atoms with Crippen molar-refractivity contribution in [2.75, 3.05) is 34.3 Å². The van der Waals surface area contributed by atoms with Crippen LogP contribution in [0, 0.1) is 5.92 Å². The molecule has 8 nitrogen and oxygen atoms in total. The number of methoxy groups -OCH3 is 1. The average Bonchev–Trinajstić information content (AvgIpc) is 2.73. The largest absolute Gasteiger partial charge is 0.469 e. The molecule has 0 spiro atoms. The minimum Gasteiger partial charge on any atom is -0.469 e. The van der Waals surface area contributed by atoms with E-state index in [4.69, 9.17) is 4.74 Å². The van der Waals surface area contributed by atoms with Gasteiger partial charge in [-0.15, -0.1) is 24.0 Å². The first-order chi connectivity index (χ1) is 13.7. The molecule has 0 aromatic heterocycles. The smallest absolute Gasteiger partial charge is 0.308 e. The summed E-state index contributed by atoms with van der Waals surface area (Å²) < 4.78 is 31.3. The number of hydrogen-bond donors (Lipinski definition) is 1. The first-order valence-corrected chi connectivity index (χ1v) is 11.2. The van der Waals surface area contributed by atoms with Crippen molar-refractivity contribution in [1.82, 2.24) is 14.5 Å². The molecule has 1 aliphatic rings. The van der Waals surface area contributed by atoms with Crippen molar-refractivity contribution < 1.29 is 17.9 Å². The van der Waals surface area contributed by atoms with Crippen LogP contribution in [0.4, 0.5) is 0 Å². The predicted molar refractivity (Wildman–Crippen MR) is 128 cm³/mol. The molecule has 0 aliphatic carbocycles. The molecule has 0 bridgehead atoms. The summed E-state index contributed by atoms with van der Waals surface area (Å²) in [6, 6.07) is 6.79. The molecule has 30 heavy (non-hydrogen) atoms. The zero-order chi connectivity index (χ0) is 21.6. The van der Waals surface area contributed by atoms with E-state index in [1.807, 2.05) is 26.0 Å². The maximum atomic E-state index is 12.6. The van der Waals surface area contributed by atoms with Gasteiger partial charge in [0, 0.05) is 39.8 Å². The average molecular weight is 552 g/mol. The predicted octanol–water partition coefficient (Wildman–Crippen LogP) is 2.29. The molecule has 2 rings (SSSR count). The Morgan fingerprint density at radius 1 is 1.27 bits per heavy atom. The number of esters is 1. The van der Waals surface area contributed by atoms with Gasteiger partial charge in [0.15, 0.2) is 5.96 Å². The van der Waals surface area contributed by atoms with E-state index in [2.05, 4.69) is 15.2 Å². The molecule has 0 atom stereocenters. The number of hydrogen-bond acceptors (Lipinski definition) is 5. The monoisotopic (exact) mass is 552 g/mol. The molecule has 1 aliphatic heterocycles. The molecule has 170 valence electrons. The first-order valence-electron chi connectivity index (χ1n) is 9.81. The molecule has 1 aromatic carbocycles. The fourth-order valence-electron chi connectivity index (χ4n) is 3.23. The van der Waals surface area contributed by atoms with Crippen LogP contribution in [-0.2, 0) is 26.1 Å². The summed E-state index contributed by atoms with van der Waals surface area (Å²) in [7, 11) is 1.26. The van der Waals surface area contributed by atoms with Crippen LogP contribution in [0.25, 0.3) is 0 Å². The molecule has 1 fully saturated rings. The topological polar surface area (TPSA) is 91.3 Å². The van der Waals surface area contributed by atoms with Gasteiger partial charge in [0.2, 0.25) is 10.0 Å². The van der Waals surface area contributed by atoms with Crippen molar-refractivity contribution >= 4 is 45.9 Å². The highest BCUT2D eigenvalue weighted by Gasteiger charge is 2.27. The molecular formula is C20H33IN4O4S. The second-order valence-corrected chi connectivity index (χ2v) is 9.44. The Balaban J connectivity index is 0.00000450. The summed E-state index contributed by atoms with van der Waals surface area (Å²) in [5.41, 5.74) is 0.960. The summed E-state index contributed by atoms with van der Waals surface area (Å²) in [4.78, 5) is 18.4. The number of ether oxygens (including phenoxy) is 1. The summed E-state index contributed by atoms with van der Waals surface area (Å²) in [6.07, 6.45) is 1.48. The molecule has 0 unspecified atom stereocenters. The number of carbonyl (C=O) groups excluding carboxylic acids is 1. The van der Waals surface area contributed by atoms with Crippen molar-refractivity contribution in [2.45, 2.75) is 44.2 Å². The molecule has 0 amide bonds. The molecule has 1 N–H and O–H groups in total. The standard InChI is InChI=1S/C20H32N4O4S.HI/c1-15(2)23(4)29(26,27)18-8-6-16(7-9-18)14-22-20(21-3)24-12-10-17(11-13-24)19(25)28-5;/h6-9,15,17H,10-14H2,1-5H3,(H,21,22);1H. The second-order valence-electron chi connectivity index (χ2n) is 7.44. The van der Waals surface area contributed by atoms with Gasteiger partial charge in [0.25, 0.3) is 0 Å². The Morgan fingerprint density at radius 3 is 2.30 bits per heavy atom. The van der Waals surface area contributed by atoms with Crippen LogP contribution in [0.2, 0.25) is 0 Å². The van der Waals surface area contributed by atoms with E-state index in [0.717, 1.165) is 37.5 Å². The number of aliphatic imine (C=N–C) groups is 1. The van der Waals surface area contributed by atoms with Gasteiger partial charge < -0.3 is 15.0 Å². The highest BCUT2D eigenvalue weighted by molar-refractivity contribution is 14.0. The third-order valence-electron chi connectivity index (χ3n) is 5.32. The van der Waals surface area contributed by atoms with Crippen LogP contribution in [0.15, 0.2) is 34.2 Å². The van der Waals surface area contributed by atoms with E-state index in [0.29, 0.717) is 6.54 Å². The zero-order valence-electron chi connectivity index (χ0n) is 18.3. The normalized spacial score (nSPS) is 15.8. The quantitative estimate of drug-likeness (QED) is 0.252. The van der Waals surface area contributed by atoms with Crippen LogP contribution in [-0.4, -0.2) is 69.9 Å². The fourth-order valence-corrected chi connectivity index (χ4v) is 4.60. The van der Waals surface area contributed by atoms with Gasteiger partial charge in [-0.3, -0.25) is 9.79 Å². The van der Waals surface area contributed by atoms with Gasteiger partial charge in [0.1, 0.15) is 0 Å². The Bertz CT molecular complexity index is 820. The van der Waals surface area contributed by atoms with Crippen LogP contribution in [0.3, 0.4) is 0 Å². The first kappa shape index (κ1) is 26.6. The van der Waals surface area contributed by atoms with Crippen molar-refractivity contribution in [3.8, 4) is 0 Å². The van der Waals surface area contributed by atoms with Crippen molar-refractivity contribution in [1.29, 1.82) is 0 Å². The third-order valence-corrected chi connectivity index (χ3v) is 7.37. The summed E-state index contributed by atoms with van der Waals surface area (Å²) in [5, 5.41) is 3.31. The molecule has 1 saturated heterocycles. The number of rotatable bonds is 6. The number of halogens is 1. The van der Waals surface area contributed by atoms with E-state index >= 15 is 0 Å².